The van der Waals surface area contributed by atoms with Crippen molar-refractivity contribution >= 4 is 23.3 Å². The third kappa shape index (κ3) is 5.71. The second-order valence-electron chi connectivity index (χ2n) is 9.02. The van der Waals surface area contributed by atoms with E-state index in [1.807, 2.05) is 18.2 Å². The Kier molecular flexibility index (Phi) is 7.29. The fourth-order valence-electron chi connectivity index (χ4n) is 4.78. The highest BCUT2D eigenvalue weighted by atomic mass is 19.1. The number of benzene rings is 2. The summed E-state index contributed by atoms with van der Waals surface area (Å²) in [5.74, 6) is -0.205. The Balaban J connectivity index is 1.24. The van der Waals surface area contributed by atoms with Gasteiger partial charge in [0.1, 0.15) is 23.8 Å². The molecule has 0 aliphatic carbocycles. The predicted octanol–water partition coefficient (Wildman–Crippen LogP) is 3.57. The monoisotopic (exact) mass is 506 g/mol. The first-order chi connectivity index (χ1) is 18.0. The molecule has 1 fully saturated rings. The largest absolute Gasteiger partial charge is 0.487 e. The zero-order valence-corrected chi connectivity index (χ0v) is 19.9. The number of fused-ring (bicyclic) bond motifs is 3. The van der Waals surface area contributed by atoms with Crippen LogP contribution in [0.5, 0.6) is 5.75 Å². The topological polar surface area (TPSA) is 122 Å². The van der Waals surface area contributed by atoms with Crippen molar-refractivity contribution in [3.8, 4) is 5.75 Å². The number of ether oxygens (including phenoxy) is 2. The minimum absolute atomic E-state index is 0.0731. The number of hydrogen-bond donors (Lipinski definition) is 4. The Hall–Kier alpha value is -4.02. The molecule has 4 N–H and O–H groups in total. The van der Waals surface area contributed by atoms with Gasteiger partial charge in [-0.05, 0) is 48.9 Å². The van der Waals surface area contributed by atoms with Gasteiger partial charge in [0.2, 0.25) is 5.91 Å². The van der Waals surface area contributed by atoms with Crippen molar-refractivity contribution in [2.75, 3.05) is 17.2 Å². The van der Waals surface area contributed by atoms with E-state index in [9.17, 15) is 19.1 Å². The molecule has 4 atom stereocenters. The molecule has 5 rings (SSSR count). The maximum atomic E-state index is 13.9. The number of rotatable bonds is 7. The van der Waals surface area contributed by atoms with E-state index in [2.05, 4.69) is 20.9 Å². The molecule has 1 saturated heterocycles. The number of halogens is 1. The van der Waals surface area contributed by atoms with E-state index in [1.54, 1.807) is 36.5 Å². The van der Waals surface area contributed by atoms with Crippen LogP contribution in [0.4, 0.5) is 20.6 Å². The van der Waals surface area contributed by atoms with Crippen molar-refractivity contribution in [2.24, 2.45) is 0 Å². The number of aliphatic hydroxyl groups is 1. The molecule has 2 aliphatic rings. The van der Waals surface area contributed by atoms with E-state index >= 15 is 0 Å². The number of aromatic nitrogens is 1. The van der Waals surface area contributed by atoms with Crippen LogP contribution in [0.15, 0.2) is 66.9 Å². The number of para-hydroxylation sites is 1. The van der Waals surface area contributed by atoms with Crippen LogP contribution in [0, 0.1) is 5.82 Å². The lowest BCUT2D eigenvalue weighted by Gasteiger charge is -2.37. The van der Waals surface area contributed by atoms with Crippen LogP contribution >= 0.6 is 0 Å². The van der Waals surface area contributed by atoms with E-state index in [0.717, 1.165) is 11.3 Å². The third-order valence-electron chi connectivity index (χ3n) is 6.49. The van der Waals surface area contributed by atoms with Gasteiger partial charge < -0.3 is 30.5 Å². The summed E-state index contributed by atoms with van der Waals surface area (Å²) in [6, 6.07) is 16.1. The molecule has 10 heteroatoms. The van der Waals surface area contributed by atoms with Crippen molar-refractivity contribution in [2.45, 2.75) is 43.6 Å². The van der Waals surface area contributed by atoms with Crippen molar-refractivity contribution < 1.29 is 28.6 Å². The first kappa shape index (κ1) is 24.7. The fourth-order valence-corrected chi connectivity index (χ4v) is 4.78. The van der Waals surface area contributed by atoms with Gasteiger partial charge in [0, 0.05) is 23.4 Å². The summed E-state index contributed by atoms with van der Waals surface area (Å²) in [6.45, 7) is 0.0646. The molecule has 1 aromatic heterocycles. The fraction of sp³-hybridized carbons (Fsp3) is 0.296. The smallest absolute Gasteiger partial charge is 0.323 e. The SMILES string of the molecule is O=C(C[C@@H]1C[C@@H]2c3cc(NC(=O)Nc4ccccc4F)ccc3O[C@@H]2[C@H](CO)O1)NCc1ccccn1. The molecular formula is C27H27FN4O5. The quantitative estimate of drug-likeness (QED) is 0.389. The van der Waals surface area contributed by atoms with Crippen LogP contribution in [-0.4, -0.2) is 46.9 Å². The van der Waals surface area contributed by atoms with Gasteiger partial charge in [-0.25, -0.2) is 9.18 Å². The zero-order valence-electron chi connectivity index (χ0n) is 19.9. The van der Waals surface area contributed by atoms with Crippen molar-refractivity contribution in [1.29, 1.82) is 0 Å². The highest BCUT2D eigenvalue weighted by Gasteiger charge is 2.46. The van der Waals surface area contributed by atoms with E-state index in [1.165, 1.54) is 12.1 Å². The van der Waals surface area contributed by atoms with E-state index < -0.39 is 30.2 Å². The minimum Gasteiger partial charge on any atom is -0.487 e. The second-order valence-corrected chi connectivity index (χ2v) is 9.02. The maximum absolute atomic E-state index is 13.9. The van der Waals surface area contributed by atoms with Gasteiger partial charge in [0.05, 0.1) is 37.1 Å². The van der Waals surface area contributed by atoms with Crippen LogP contribution < -0.4 is 20.7 Å². The van der Waals surface area contributed by atoms with Crippen LogP contribution in [0.3, 0.4) is 0 Å². The van der Waals surface area contributed by atoms with E-state index in [0.29, 0.717) is 24.4 Å². The molecule has 3 amide bonds. The molecule has 3 heterocycles. The lowest BCUT2D eigenvalue weighted by molar-refractivity contribution is -0.142. The highest BCUT2D eigenvalue weighted by Crippen LogP contribution is 2.47. The number of hydrogen-bond acceptors (Lipinski definition) is 6. The number of nitrogens with one attached hydrogen (secondary N) is 3. The molecule has 0 unspecified atom stereocenters. The highest BCUT2D eigenvalue weighted by molar-refractivity contribution is 5.99. The summed E-state index contributed by atoms with van der Waals surface area (Å²) in [6.07, 6.45) is 0.886. The van der Waals surface area contributed by atoms with Gasteiger partial charge in [-0.3, -0.25) is 9.78 Å². The normalized spacial score (nSPS) is 21.8. The first-order valence-corrected chi connectivity index (χ1v) is 12.1. The van der Waals surface area contributed by atoms with Crippen LogP contribution in [0.1, 0.15) is 30.0 Å². The molecule has 0 radical (unpaired) electrons. The summed E-state index contributed by atoms with van der Waals surface area (Å²) in [5.41, 5.74) is 2.19. The zero-order chi connectivity index (χ0) is 25.8. The molecule has 192 valence electrons. The van der Waals surface area contributed by atoms with E-state index in [4.69, 9.17) is 9.47 Å². The number of carbonyl (C=O) groups is 2. The molecule has 3 aromatic rings. The number of aliphatic hydroxyl groups excluding tert-OH is 1. The Labute approximate surface area is 213 Å². The number of anilines is 2. The summed E-state index contributed by atoms with van der Waals surface area (Å²) >= 11 is 0. The van der Waals surface area contributed by atoms with Gasteiger partial charge in [-0.1, -0.05) is 18.2 Å². The lowest BCUT2D eigenvalue weighted by atomic mass is 9.84. The van der Waals surface area contributed by atoms with Crippen LogP contribution in [-0.2, 0) is 16.1 Å². The molecular weight excluding hydrogens is 479 g/mol. The standard InChI is InChI=1S/C27H27FN4O5/c28-21-6-1-2-7-22(21)32-27(35)31-16-8-9-23-19(11-16)20-12-18(36-24(15-33)26(20)37-23)13-25(34)30-14-17-5-3-4-10-29-17/h1-11,18,20,24,26,33H,12-15H2,(H,30,34)(H2,31,32,35)/t18-,20+,24-,26-/m0/s1. The molecule has 2 aliphatic heterocycles. The number of nitrogens with zero attached hydrogens (tertiary/aromatic N) is 1. The van der Waals surface area contributed by atoms with Crippen LogP contribution in [0.2, 0.25) is 0 Å². The third-order valence-corrected chi connectivity index (χ3v) is 6.49. The second kappa shape index (κ2) is 10.9. The van der Waals surface area contributed by atoms with E-state index in [-0.39, 0.29) is 30.5 Å². The summed E-state index contributed by atoms with van der Waals surface area (Å²) in [5, 5.41) is 18.0. The summed E-state index contributed by atoms with van der Waals surface area (Å²) in [4.78, 5) is 29.2. The minimum atomic E-state index is -0.597. The number of carbonyl (C=O) groups excluding carboxylic acids is 2. The van der Waals surface area contributed by atoms with Gasteiger partial charge in [-0.2, -0.15) is 0 Å². The molecule has 2 aromatic carbocycles. The predicted molar refractivity (Wildman–Crippen MR) is 134 cm³/mol. The Morgan fingerprint density at radius 1 is 1.08 bits per heavy atom. The van der Waals surface area contributed by atoms with Gasteiger partial charge >= 0.3 is 6.03 Å². The van der Waals surface area contributed by atoms with Crippen LogP contribution in [0.25, 0.3) is 0 Å². The average molecular weight is 507 g/mol. The molecule has 0 spiro atoms. The maximum Gasteiger partial charge on any atom is 0.323 e. The van der Waals surface area contributed by atoms with Crippen molar-refractivity contribution in [3.63, 3.8) is 0 Å². The number of urea groups is 1. The lowest BCUT2D eigenvalue weighted by Crippen LogP contribution is -2.47. The van der Waals surface area contributed by atoms with Gasteiger partial charge in [-0.15, -0.1) is 0 Å². The van der Waals surface area contributed by atoms with Gasteiger partial charge in [0.25, 0.3) is 0 Å². The molecule has 9 nitrogen and oxygen atoms in total. The number of amides is 3. The average Bonchev–Trinajstić information content (AvgIpc) is 3.27. The van der Waals surface area contributed by atoms with Crippen molar-refractivity contribution in [3.05, 3.63) is 83.9 Å². The first-order valence-electron chi connectivity index (χ1n) is 12.1. The van der Waals surface area contributed by atoms with Gasteiger partial charge in [0.15, 0.2) is 0 Å². The summed E-state index contributed by atoms with van der Waals surface area (Å²) in [7, 11) is 0. The Bertz CT molecular complexity index is 1270. The number of pyridine rings is 1. The Morgan fingerprint density at radius 3 is 2.70 bits per heavy atom. The van der Waals surface area contributed by atoms with Crippen molar-refractivity contribution in [1.82, 2.24) is 10.3 Å². The molecule has 0 bridgehead atoms. The molecule has 37 heavy (non-hydrogen) atoms. The summed E-state index contributed by atoms with van der Waals surface area (Å²) < 4.78 is 25.9. The Morgan fingerprint density at radius 2 is 1.92 bits per heavy atom. The molecule has 0 saturated carbocycles.